The van der Waals surface area contributed by atoms with E-state index >= 15 is 0 Å². The zero-order valence-corrected chi connectivity index (χ0v) is 19.6. The molecular formula is C26H33ClN2O3. The van der Waals surface area contributed by atoms with Crippen molar-refractivity contribution in [3.8, 4) is 5.75 Å². The molecular weight excluding hydrogens is 424 g/mol. The zero-order chi connectivity index (χ0) is 23.0. The van der Waals surface area contributed by atoms with Gasteiger partial charge in [-0.15, -0.1) is 0 Å². The van der Waals surface area contributed by atoms with Crippen LogP contribution in [0, 0.1) is 0 Å². The number of benzene rings is 2. The van der Waals surface area contributed by atoms with E-state index in [1.54, 1.807) is 54.7 Å². The van der Waals surface area contributed by atoms with E-state index in [-0.39, 0.29) is 5.91 Å². The second kappa shape index (κ2) is 15.2. The summed E-state index contributed by atoms with van der Waals surface area (Å²) in [5, 5.41) is 4.56. The highest BCUT2D eigenvalue weighted by Crippen LogP contribution is 2.15. The van der Waals surface area contributed by atoms with Gasteiger partial charge in [0.2, 0.25) is 5.91 Å². The Hall–Kier alpha value is -2.66. The lowest BCUT2D eigenvalue weighted by Crippen LogP contribution is -2.16. The van der Waals surface area contributed by atoms with Crippen molar-refractivity contribution >= 4 is 29.7 Å². The number of unbranched alkanes of at least 4 members (excludes halogenated alkanes) is 8. The van der Waals surface area contributed by atoms with Crippen LogP contribution in [0.4, 0.5) is 0 Å². The summed E-state index contributed by atoms with van der Waals surface area (Å²) in [5.41, 5.74) is 3.78. The number of carbonyl (C=O) groups is 2. The van der Waals surface area contributed by atoms with E-state index in [0.29, 0.717) is 22.8 Å². The van der Waals surface area contributed by atoms with Crippen LogP contribution >= 0.6 is 11.6 Å². The molecule has 5 nitrogen and oxygen atoms in total. The molecule has 1 amide bonds. The number of carbonyl (C=O) groups excluding carboxylic acids is 2. The van der Waals surface area contributed by atoms with Gasteiger partial charge in [-0.1, -0.05) is 69.9 Å². The SMILES string of the molecule is CCCCCCCCCCCC(=O)N/N=C\c1ccc(OC(=O)c2ccc(Cl)cc2)cc1. The molecule has 0 saturated carbocycles. The number of halogens is 1. The van der Waals surface area contributed by atoms with Crippen LogP contribution in [-0.2, 0) is 4.79 Å². The number of nitrogens with zero attached hydrogens (tertiary/aromatic N) is 1. The molecule has 0 fully saturated rings. The van der Waals surface area contributed by atoms with Gasteiger partial charge < -0.3 is 4.74 Å². The molecule has 0 aliphatic heterocycles. The number of esters is 1. The third-order valence-electron chi connectivity index (χ3n) is 5.08. The minimum absolute atomic E-state index is 0.0716. The van der Waals surface area contributed by atoms with Gasteiger partial charge in [0.25, 0.3) is 0 Å². The van der Waals surface area contributed by atoms with E-state index in [1.165, 1.54) is 44.9 Å². The van der Waals surface area contributed by atoms with Gasteiger partial charge in [0.1, 0.15) is 5.75 Å². The Bertz CT molecular complexity index is 848. The van der Waals surface area contributed by atoms with Gasteiger partial charge >= 0.3 is 5.97 Å². The zero-order valence-electron chi connectivity index (χ0n) is 18.8. The van der Waals surface area contributed by atoms with Crippen LogP contribution < -0.4 is 10.2 Å². The Kier molecular flexibility index (Phi) is 12.2. The molecule has 0 atom stereocenters. The highest BCUT2D eigenvalue weighted by atomic mass is 35.5. The number of rotatable bonds is 14. The van der Waals surface area contributed by atoms with E-state index in [2.05, 4.69) is 17.5 Å². The summed E-state index contributed by atoms with van der Waals surface area (Å²) >= 11 is 5.83. The predicted octanol–water partition coefficient (Wildman–Crippen LogP) is 6.93. The summed E-state index contributed by atoms with van der Waals surface area (Å²) in [7, 11) is 0. The van der Waals surface area contributed by atoms with E-state index in [4.69, 9.17) is 16.3 Å². The lowest BCUT2D eigenvalue weighted by molar-refractivity contribution is -0.121. The average Bonchev–Trinajstić information content (AvgIpc) is 2.79. The number of ether oxygens (including phenoxy) is 1. The molecule has 0 aliphatic carbocycles. The molecule has 1 N–H and O–H groups in total. The van der Waals surface area contributed by atoms with Crippen molar-refractivity contribution < 1.29 is 14.3 Å². The molecule has 0 spiro atoms. The predicted molar refractivity (Wildman–Crippen MR) is 130 cm³/mol. The molecule has 0 saturated heterocycles. The molecule has 2 rings (SSSR count). The highest BCUT2D eigenvalue weighted by molar-refractivity contribution is 6.30. The average molecular weight is 457 g/mol. The number of amides is 1. The summed E-state index contributed by atoms with van der Waals surface area (Å²) in [5.74, 6) is -0.0963. The number of nitrogens with one attached hydrogen (secondary N) is 1. The molecule has 0 unspecified atom stereocenters. The van der Waals surface area contributed by atoms with E-state index in [9.17, 15) is 9.59 Å². The van der Waals surface area contributed by atoms with Crippen LogP contribution in [0.3, 0.4) is 0 Å². The molecule has 32 heavy (non-hydrogen) atoms. The Morgan fingerprint density at radius 3 is 2.09 bits per heavy atom. The van der Waals surface area contributed by atoms with Crippen molar-refractivity contribution in [2.45, 2.75) is 71.1 Å². The van der Waals surface area contributed by atoms with E-state index in [1.807, 2.05) is 0 Å². The van der Waals surface area contributed by atoms with Gasteiger partial charge in [-0.3, -0.25) is 4.79 Å². The number of hydrogen-bond donors (Lipinski definition) is 1. The normalized spacial score (nSPS) is 10.9. The molecule has 172 valence electrons. The lowest BCUT2D eigenvalue weighted by atomic mass is 10.1. The first-order valence-corrected chi connectivity index (χ1v) is 11.9. The maximum Gasteiger partial charge on any atom is 0.343 e. The first-order valence-electron chi connectivity index (χ1n) is 11.5. The quantitative estimate of drug-likeness (QED) is 0.110. The Labute approximate surface area is 196 Å². The molecule has 0 aromatic heterocycles. The van der Waals surface area contributed by atoms with Crippen molar-refractivity contribution in [3.63, 3.8) is 0 Å². The van der Waals surface area contributed by atoms with Crippen LogP contribution in [0.25, 0.3) is 0 Å². The summed E-state index contributed by atoms with van der Waals surface area (Å²) in [6.07, 6.45) is 13.1. The fraction of sp³-hybridized carbons (Fsp3) is 0.423. The molecule has 6 heteroatoms. The summed E-state index contributed by atoms with van der Waals surface area (Å²) in [6.45, 7) is 2.23. The van der Waals surface area contributed by atoms with Crippen molar-refractivity contribution in [1.82, 2.24) is 5.43 Å². The highest BCUT2D eigenvalue weighted by Gasteiger charge is 2.08. The fourth-order valence-electron chi connectivity index (χ4n) is 3.20. The smallest absolute Gasteiger partial charge is 0.343 e. The van der Waals surface area contributed by atoms with Gasteiger partial charge in [0.05, 0.1) is 11.8 Å². The molecule has 0 bridgehead atoms. The molecule has 0 heterocycles. The van der Waals surface area contributed by atoms with Crippen LogP contribution in [0.1, 0.15) is 87.1 Å². The molecule has 0 radical (unpaired) electrons. The number of hydrazone groups is 1. The number of hydrogen-bond acceptors (Lipinski definition) is 4. The van der Waals surface area contributed by atoms with E-state index < -0.39 is 5.97 Å². The van der Waals surface area contributed by atoms with Gasteiger partial charge in [0, 0.05) is 11.4 Å². The van der Waals surface area contributed by atoms with Gasteiger partial charge in [-0.05, 0) is 60.5 Å². The van der Waals surface area contributed by atoms with E-state index in [0.717, 1.165) is 18.4 Å². The summed E-state index contributed by atoms with van der Waals surface area (Å²) in [6, 6.07) is 13.4. The van der Waals surface area contributed by atoms with Gasteiger partial charge in [0.15, 0.2) is 0 Å². The van der Waals surface area contributed by atoms with Crippen LogP contribution in [0.2, 0.25) is 5.02 Å². The first kappa shape index (κ1) is 25.6. The fourth-order valence-corrected chi connectivity index (χ4v) is 3.33. The van der Waals surface area contributed by atoms with Crippen LogP contribution in [-0.4, -0.2) is 18.1 Å². The lowest BCUT2D eigenvalue weighted by Gasteiger charge is -2.05. The topological polar surface area (TPSA) is 67.8 Å². The van der Waals surface area contributed by atoms with Gasteiger partial charge in [-0.25, -0.2) is 10.2 Å². The Balaban J connectivity index is 1.61. The monoisotopic (exact) mass is 456 g/mol. The van der Waals surface area contributed by atoms with Crippen LogP contribution in [0.5, 0.6) is 5.75 Å². The van der Waals surface area contributed by atoms with Crippen molar-refractivity contribution in [1.29, 1.82) is 0 Å². The largest absolute Gasteiger partial charge is 0.423 e. The van der Waals surface area contributed by atoms with Crippen molar-refractivity contribution in [3.05, 3.63) is 64.7 Å². The standard InChI is InChI=1S/C26H33ClN2O3/c1-2-3-4-5-6-7-8-9-10-11-25(30)29-28-20-21-12-18-24(19-13-21)32-26(31)22-14-16-23(27)17-15-22/h12-20H,2-11H2,1H3,(H,29,30)/b28-20-. The second-order valence-corrected chi connectivity index (χ2v) is 8.27. The molecule has 2 aromatic rings. The maximum atomic E-state index is 12.1. The Morgan fingerprint density at radius 1 is 0.875 bits per heavy atom. The molecule has 2 aromatic carbocycles. The first-order chi connectivity index (χ1) is 15.6. The van der Waals surface area contributed by atoms with Gasteiger partial charge in [-0.2, -0.15) is 5.10 Å². The molecule has 0 aliphatic rings. The maximum absolute atomic E-state index is 12.1. The van der Waals surface area contributed by atoms with Crippen molar-refractivity contribution in [2.24, 2.45) is 5.10 Å². The minimum atomic E-state index is -0.452. The second-order valence-electron chi connectivity index (χ2n) is 7.84. The van der Waals surface area contributed by atoms with Crippen molar-refractivity contribution in [2.75, 3.05) is 0 Å². The third-order valence-corrected chi connectivity index (χ3v) is 5.33. The van der Waals surface area contributed by atoms with Crippen LogP contribution in [0.15, 0.2) is 53.6 Å². The summed E-state index contributed by atoms with van der Waals surface area (Å²) < 4.78 is 5.34. The third kappa shape index (κ3) is 10.6. The summed E-state index contributed by atoms with van der Waals surface area (Å²) in [4.78, 5) is 24.0. The minimum Gasteiger partial charge on any atom is -0.423 e. The Morgan fingerprint density at radius 2 is 1.47 bits per heavy atom.